The third-order valence-corrected chi connectivity index (χ3v) is 4.69. The molecule has 1 fully saturated rings. The standard InChI is InChI=1S/C16H29F3N4/c1-15(2,3)22-13-9-12(21-14(20)23(13)4)10-6-5-7-11(8-10)16(17,18)19/h9-12,14,21-22H,5-8,20H2,1-4H3. The summed E-state index contributed by atoms with van der Waals surface area (Å²) in [5.41, 5.74) is 5.98. The van der Waals surface area contributed by atoms with Crippen molar-refractivity contribution in [2.45, 2.75) is 70.5 Å². The lowest BCUT2D eigenvalue weighted by Crippen LogP contribution is -2.61. The molecule has 0 aromatic heterocycles. The number of rotatable bonds is 2. The molecule has 1 aliphatic carbocycles. The molecule has 2 aliphatic rings. The van der Waals surface area contributed by atoms with Crippen molar-refractivity contribution in [3.8, 4) is 0 Å². The summed E-state index contributed by atoms with van der Waals surface area (Å²) in [4.78, 5) is 1.88. The molecular weight excluding hydrogens is 305 g/mol. The van der Waals surface area contributed by atoms with E-state index in [2.05, 4.69) is 10.6 Å². The number of nitrogens with two attached hydrogens (primary N) is 1. The van der Waals surface area contributed by atoms with Crippen LogP contribution in [-0.4, -0.2) is 36.0 Å². The monoisotopic (exact) mass is 334 g/mol. The topological polar surface area (TPSA) is 53.3 Å². The van der Waals surface area contributed by atoms with Crippen LogP contribution in [0.15, 0.2) is 11.9 Å². The van der Waals surface area contributed by atoms with Gasteiger partial charge in [0.1, 0.15) is 12.1 Å². The fraction of sp³-hybridized carbons (Fsp3) is 0.875. The average molecular weight is 334 g/mol. The van der Waals surface area contributed by atoms with Gasteiger partial charge in [-0.1, -0.05) is 6.42 Å². The van der Waals surface area contributed by atoms with Gasteiger partial charge in [0.15, 0.2) is 0 Å². The predicted molar refractivity (Wildman–Crippen MR) is 85.1 cm³/mol. The summed E-state index contributed by atoms with van der Waals surface area (Å²) < 4.78 is 39.1. The summed E-state index contributed by atoms with van der Waals surface area (Å²) in [7, 11) is 1.87. The molecule has 0 radical (unpaired) electrons. The van der Waals surface area contributed by atoms with Crippen molar-refractivity contribution in [1.82, 2.24) is 15.5 Å². The second-order valence-electron chi connectivity index (χ2n) is 7.84. The van der Waals surface area contributed by atoms with Crippen LogP contribution in [0.5, 0.6) is 0 Å². The second kappa shape index (κ2) is 6.51. The number of hydrogen-bond acceptors (Lipinski definition) is 4. The van der Waals surface area contributed by atoms with Gasteiger partial charge >= 0.3 is 6.18 Å². The predicted octanol–water partition coefficient (Wildman–Crippen LogP) is 2.73. The molecule has 4 unspecified atom stereocenters. The van der Waals surface area contributed by atoms with Crippen molar-refractivity contribution in [3.05, 3.63) is 11.9 Å². The summed E-state index contributed by atoms with van der Waals surface area (Å²) in [5.74, 6) is -0.346. The summed E-state index contributed by atoms with van der Waals surface area (Å²) in [5, 5.41) is 6.64. The molecule has 1 aliphatic heterocycles. The van der Waals surface area contributed by atoms with E-state index in [9.17, 15) is 13.2 Å². The lowest BCUT2D eigenvalue weighted by atomic mass is 9.77. The van der Waals surface area contributed by atoms with E-state index in [1.165, 1.54) is 0 Å². The Morgan fingerprint density at radius 2 is 1.91 bits per heavy atom. The molecule has 0 aromatic carbocycles. The van der Waals surface area contributed by atoms with Gasteiger partial charge in [-0.2, -0.15) is 13.2 Å². The Labute approximate surface area is 136 Å². The minimum atomic E-state index is -4.09. The first-order valence-electron chi connectivity index (χ1n) is 8.28. The van der Waals surface area contributed by atoms with E-state index in [1.54, 1.807) is 0 Å². The molecule has 0 spiro atoms. The van der Waals surface area contributed by atoms with E-state index in [-0.39, 0.29) is 30.3 Å². The molecule has 1 heterocycles. The highest BCUT2D eigenvalue weighted by atomic mass is 19.4. The minimum Gasteiger partial charge on any atom is -0.367 e. The van der Waals surface area contributed by atoms with Crippen LogP contribution >= 0.6 is 0 Å². The molecule has 1 saturated carbocycles. The Morgan fingerprint density at radius 1 is 1.26 bits per heavy atom. The maximum atomic E-state index is 13.0. The maximum Gasteiger partial charge on any atom is 0.391 e. The Kier molecular flexibility index (Phi) is 5.21. The number of alkyl halides is 3. The summed E-state index contributed by atoms with van der Waals surface area (Å²) in [6, 6.07) is -0.129. The number of halogens is 3. The molecular formula is C16H29F3N4. The summed E-state index contributed by atoms with van der Waals surface area (Å²) >= 11 is 0. The number of nitrogens with zero attached hydrogens (tertiary/aromatic N) is 1. The van der Waals surface area contributed by atoms with Crippen LogP contribution in [0.2, 0.25) is 0 Å². The van der Waals surface area contributed by atoms with Gasteiger partial charge in [-0.25, -0.2) is 0 Å². The molecule has 134 valence electrons. The molecule has 23 heavy (non-hydrogen) atoms. The SMILES string of the molecule is CN1C(NC(C)(C)C)=CC(C2CCCC(C(F)(F)F)C2)NC1N. The van der Waals surface area contributed by atoms with Gasteiger partial charge in [0.2, 0.25) is 0 Å². The second-order valence-corrected chi connectivity index (χ2v) is 7.84. The van der Waals surface area contributed by atoms with E-state index in [4.69, 9.17) is 5.73 Å². The van der Waals surface area contributed by atoms with Gasteiger partial charge in [-0.15, -0.1) is 0 Å². The lowest BCUT2D eigenvalue weighted by molar-refractivity contribution is -0.186. The van der Waals surface area contributed by atoms with Crippen molar-refractivity contribution in [2.75, 3.05) is 7.05 Å². The fourth-order valence-electron chi connectivity index (χ4n) is 3.43. The maximum absolute atomic E-state index is 13.0. The van der Waals surface area contributed by atoms with Crippen LogP contribution in [-0.2, 0) is 0 Å². The zero-order valence-electron chi connectivity index (χ0n) is 14.4. The molecule has 4 nitrogen and oxygen atoms in total. The van der Waals surface area contributed by atoms with Gasteiger partial charge < -0.3 is 10.2 Å². The highest BCUT2D eigenvalue weighted by Gasteiger charge is 2.44. The normalized spacial score (nSPS) is 33.4. The lowest BCUT2D eigenvalue weighted by Gasteiger charge is -2.43. The van der Waals surface area contributed by atoms with E-state index in [0.717, 1.165) is 12.2 Å². The fourth-order valence-corrected chi connectivity index (χ4v) is 3.43. The molecule has 4 N–H and O–H groups in total. The van der Waals surface area contributed by atoms with E-state index in [0.29, 0.717) is 6.42 Å². The molecule has 4 atom stereocenters. The Bertz CT molecular complexity index is 442. The summed E-state index contributed by atoms with van der Waals surface area (Å²) in [6.45, 7) is 6.14. The van der Waals surface area contributed by atoms with Gasteiger partial charge in [0.05, 0.1) is 5.92 Å². The average Bonchev–Trinajstić information content (AvgIpc) is 2.41. The van der Waals surface area contributed by atoms with Crippen molar-refractivity contribution in [2.24, 2.45) is 17.6 Å². The molecule has 0 amide bonds. The first kappa shape index (κ1) is 18.4. The van der Waals surface area contributed by atoms with Crippen LogP contribution in [0.1, 0.15) is 46.5 Å². The number of hydrogen-bond donors (Lipinski definition) is 3. The van der Waals surface area contributed by atoms with Crippen LogP contribution in [0.25, 0.3) is 0 Å². The zero-order chi connectivity index (χ0) is 17.4. The Morgan fingerprint density at radius 3 is 2.48 bits per heavy atom. The quantitative estimate of drug-likeness (QED) is 0.727. The minimum absolute atomic E-state index is 0.0353. The van der Waals surface area contributed by atoms with Crippen molar-refractivity contribution in [3.63, 3.8) is 0 Å². The smallest absolute Gasteiger partial charge is 0.367 e. The molecule has 2 rings (SSSR count). The molecule has 0 bridgehead atoms. The molecule has 0 aromatic rings. The summed E-state index contributed by atoms with van der Waals surface area (Å²) in [6.07, 6.45) is -0.651. The largest absolute Gasteiger partial charge is 0.391 e. The van der Waals surface area contributed by atoms with Crippen molar-refractivity contribution < 1.29 is 13.2 Å². The van der Waals surface area contributed by atoms with Crippen LogP contribution in [0, 0.1) is 11.8 Å². The highest BCUT2D eigenvalue weighted by Crippen LogP contribution is 2.41. The third kappa shape index (κ3) is 4.76. The van der Waals surface area contributed by atoms with Crippen LogP contribution in [0.3, 0.4) is 0 Å². The van der Waals surface area contributed by atoms with E-state index < -0.39 is 18.4 Å². The van der Waals surface area contributed by atoms with Crippen LogP contribution < -0.4 is 16.4 Å². The van der Waals surface area contributed by atoms with Gasteiger partial charge in [-0.3, -0.25) is 11.1 Å². The van der Waals surface area contributed by atoms with Crippen LogP contribution in [0.4, 0.5) is 13.2 Å². The van der Waals surface area contributed by atoms with E-state index >= 15 is 0 Å². The van der Waals surface area contributed by atoms with Gasteiger partial charge in [-0.05, 0) is 52.0 Å². The Hall–Kier alpha value is -0.950. The van der Waals surface area contributed by atoms with Crippen molar-refractivity contribution >= 4 is 0 Å². The third-order valence-electron chi connectivity index (χ3n) is 4.69. The molecule has 0 saturated heterocycles. The first-order valence-corrected chi connectivity index (χ1v) is 8.28. The van der Waals surface area contributed by atoms with Crippen molar-refractivity contribution in [1.29, 1.82) is 0 Å². The number of nitrogens with one attached hydrogen (secondary N) is 2. The zero-order valence-corrected chi connectivity index (χ0v) is 14.4. The highest BCUT2D eigenvalue weighted by molar-refractivity contribution is 5.13. The Balaban J connectivity index is 2.14. The van der Waals surface area contributed by atoms with E-state index in [1.807, 2.05) is 38.8 Å². The van der Waals surface area contributed by atoms with Gasteiger partial charge in [0, 0.05) is 18.6 Å². The first-order chi connectivity index (χ1) is 10.5. The van der Waals surface area contributed by atoms with Gasteiger partial charge in [0.25, 0.3) is 0 Å². The molecule has 7 heteroatoms.